The van der Waals surface area contributed by atoms with Gasteiger partial charge in [0, 0.05) is 12.2 Å². The third-order valence-corrected chi connectivity index (χ3v) is 4.81. The summed E-state index contributed by atoms with van der Waals surface area (Å²) in [5.74, 6) is -1.59. The monoisotopic (exact) mass is 322 g/mol. The summed E-state index contributed by atoms with van der Waals surface area (Å²) in [6.45, 7) is 3.79. The Balaban J connectivity index is 2.13. The molecule has 0 aromatic heterocycles. The van der Waals surface area contributed by atoms with Gasteiger partial charge in [-0.3, -0.25) is 14.4 Å². The smallest absolute Gasteiger partial charge is 0.321 e. The maximum absolute atomic E-state index is 12.4. The van der Waals surface area contributed by atoms with E-state index in [1.54, 1.807) is 6.07 Å². The Morgan fingerprint density at radius 3 is 2.73 bits per heavy atom. The second-order valence-electron chi connectivity index (χ2n) is 5.33. The fourth-order valence-electron chi connectivity index (χ4n) is 2.33. The van der Waals surface area contributed by atoms with Crippen LogP contribution >= 0.6 is 11.8 Å². The Kier molecular flexibility index (Phi) is 4.87. The number of nitrogens with zero attached hydrogens (tertiary/aromatic N) is 1. The molecule has 2 amide bonds. The van der Waals surface area contributed by atoms with E-state index in [9.17, 15) is 14.4 Å². The molecule has 3 N–H and O–H groups in total. The molecule has 2 rings (SSSR count). The summed E-state index contributed by atoms with van der Waals surface area (Å²) in [7, 11) is 0. The number of amides is 2. The summed E-state index contributed by atoms with van der Waals surface area (Å²) in [4.78, 5) is 36.5. The minimum Gasteiger partial charge on any atom is -0.480 e. The van der Waals surface area contributed by atoms with Crippen molar-refractivity contribution in [2.75, 3.05) is 10.7 Å². The molecule has 0 saturated carbocycles. The molecule has 0 unspecified atom stereocenters. The van der Waals surface area contributed by atoms with Crippen LogP contribution in [0.5, 0.6) is 0 Å². The number of carbonyl (C=O) groups excluding carboxylic acids is 2. The molecule has 1 aromatic rings. The Hall–Kier alpha value is -1.86. The second kappa shape index (κ2) is 6.50. The van der Waals surface area contributed by atoms with Crippen molar-refractivity contribution >= 4 is 35.2 Å². The molecule has 1 aliphatic rings. The molecule has 0 aliphatic carbocycles. The fourth-order valence-corrected chi connectivity index (χ4v) is 3.43. The second-order valence-corrected chi connectivity index (χ2v) is 6.56. The number of aryl methyl sites for hydroxylation is 2. The van der Waals surface area contributed by atoms with Crippen LogP contribution < -0.4 is 10.6 Å². The predicted octanol–water partition coefficient (Wildman–Crippen LogP) is 1.08. The Bertz CT molecular complexity index is 632. The number of nitrogens with two attached hydrogens (primary N) is 1. The zero-order valence-corrected chi connectivity index (χ0v) is 13.2. The number of hydrogen-bond donors (Lipinski definition) is 2. The first-order chi connectivity index (χ1) is 10.3. The van der Waals surface area contributed by atoms with E-state index in [0.717, 1.165) is 22.9 Å². The lowest BCUT2D eigenvalue weighted by molar-refractivity contribution is -0.138. The highest BCUT2D eigenvalue weighted by Crippen LogP contribution is 2.32. The largest absolute Gasteiger partial charge is 0.480 e. The molecule has 0 spiro atoms. The number of anilines is 1. The van der Waals surface area contributed by atoms with Crippen molar-refractivity contribution in [2.45, 2.75) is 31.6 Å². The van der Waals surface area contributed by atoms with Crippen molar-refractivity contribution in [3.63, 3.8) is 0 Å². The van der Waals surface area contributed by atoms with Crippen molar-refractivity contribution in [3.05, 3.63) is 29.3 Å². The minimum atomic E-state index is -1.12. The van der Waals surface area contributed by atoms with Gasteiger partial charge in [-0.05, 0) is 25.5 Å². The maximum Gasteiger partial charge on any atom is 0.321 e. The van der Waals surface area contributed by atoms with Gasteiger partial charge in [-0.2, -0.15) is 0 Å². The zero-order chi connectivity index (χ0) is 16.4. The van der Waals surface area contributed by atoms with E-state index in [2.05, 4.69) is 0 Å². The van der Waals surface area contributed by atoms with Gasteiger partial charge in [0.15, 0.2) is 0 Å². The number of benzene rings is 1. The van der Waals surface area contributed by atoms with Crippen LogP contribution in [0.3, 0.4) is 0 Å². The van der Waals surface area contributed by atoms with E-state index in [1.807, 2.05) is 26.0 Å². The highest BCUT2D eigenvalue weighted by atomic mass is 32.2. The molecule has 0 radical (unpaired) electrons. The van der Waals surface area contributed by atoms with Gasteiger partial charge in [0.05, 0.1) is 10.9 Å². The quantitative estimate of drug-likeness (QED) is 0.787. The number of rotatable bonds is 5. The van der Waals surface area contributed by atoms with Gasteiger partial charge in [0.1, 0.15) is 6.04 Å². The Labute approximate surface area is 132 Å². The molecule has 2 atom stereocenters. The van der Waals surface area contributed by atoms with E-state index in [-0.39, 0.29) is 24.0 Å². The number of carbonyl (C=O) groups is 3. The van der Waals surface area contributed by atoms with Gasteiger partial charge < -0.3 is 10.8 Å². The van der Waals surface area contributed by atoms with Crippen LogP contribution in [0.1, 0.15) is 17.5 Å². The lowest BCUT2D eigenvalue weighted by atomic mass is 10.1. The third kappa shape index (κ3) is 3.31. The number of carboxylic acid groups (broad SMARTS) is 1. The van der Waals surface area contributed by atoms with E-state index in [4.69, 9.17) is 10.8 Å². The molecule has 1 heterocycles. The van der Waals surface area contributed by atoms with Crippen LogP contribution in [-0.4, -0.2) is 39.9 Å². The molecule has 6 nitrogen and oxygen atoms in total. The van der Waals surface area contributed by atoms with E-state index >= 15 is 0 Å². The Morgan fingerprint density at radius 2 is 2.14 bits per heavy atom. The van der Waals surface area contributed by atoms with Crippen molar-refractivity contribution in [3.8, 4) is 0 Å². The first kappa shape index (κ1) is 16.5. The van der Waals surface area contributed by atoms with Crippen molar-refractivity contribution in [1.29, 1.82) is 0 Å². The lowest BCUT2D eigenvalue weighted by Gasteiger charge is -2.18. The van der Waals surface area contributed by atoms with Crippen molar-refractivity contribution in [1.82, 2.24) is 0 Å². The molecular weight excluding hydrogens is 304 g/mol. The average molecular weight is 322 g/mol. The number of carboxylic acids is 1. The first-order valence-electron chi connectivity index (χ1n) is 6.85. The van der Waals surface area contributed by atoms with Gasteiger partial charge in [-0.1, -0.05) is 17.7 Å². The van der Waals surface area contributed by atoms with Crippen LogP contribution in [0, 0.1) is 13.8 Å². The fraction of sp³-hybridized carbons (Fsp3) is 0.400. The lowest BCUT2D eigenvalue weighted by Crippen LogP contribution is -2.35. The normalized spacial score (nSPS) is 19.6. The standard InChI is InChI=1S/C15H18N2O4S/c1-8-3-4-11(9(2)5-8)17-13(18)6-12(14(17)19)22-7-10(16)15(20)21/h3-5,10,12H,6-7,16H2,1-2H3,(H,20,21)/t10-,12+/m1/s1. The minimum absolute atomic E-state index is 0.0726. The highest BCUT2D eigenvalue weighted by molar-refractivity contribution is 8.00. The van der Waals surface area contributed by atoms with E-state index < -0.39 is 17.3 Å². The van der Waals surface area contributed by atoms with Crippen LogP contribution in [0.15, 0.2) is 18.2 Å². The van der Waals surface area contributed by atoms with Gasteiger partial charge in [0.2, 0.25) is 11.8 Å². The zero-order valence-electron chi connectivity index (χ0n) is 12.4. The average Bonchev–Trinajstić information content (AvgIpc) is 2.71. The molecule has 118 valence electrons. The van der Waals surface area contributed by atoms with E-state index in [1.165, 1.54) is 4.90 Å². The molecular formula is C15H18N2O4S. The van der Waals surface area contributed by atoms with Gasteiger partial charge in [0.25, 0.3) is 0 Å². The number of aliphatic carboxylic acids is 1. The predicted molar refractivity (Wildman–Crippen MR) is 84.9 cm³/mol. The van der Waals surface area contributed by atoms with Crippen LogP contribution in [-0.2, 0) is 14.4 Å². The first-order valence-corrected chi connectivity index (χ1v) is 7.90. The van der Waals surface area contributed by atoms with Crippen molar-refractivity contribution < 1.29 is 19.5 Å². The van der Waals surface area contributed by atoms with Crippen molar-refractivity contribution in [2.24, 2.45) is 5.73 Å². The van der Waals surface area contributed by atoms with Gasteiger partial charge >= 0.3 is 5.97 Å². The van der Waals surface area contributed by atoms with Gasteiger partial charge in [-0.25, -0.2) is 4.90 Å². The Morgan fingerprint density at radius 1 is 1.45 bits per heavy atom. The summed E-state index contributed by atoms with van der Waals surface area (Å²) in [6, 6.07) is 4.49. The SMILES string of the molecule is Cc1ccc(N2C(=O)C[C@H](SC[C@@H](N)C(=O)O)C2=O)c(C)c1. The number of imide groups is 1. The van der Waals surface area contributed by atoms with Crippen LogP contribution in [0.2, 0.25) is 0 Å². The van der Waals surface area contributed by atoms with E-state index in [0.29, 0.717) is 5.69 Å². The van der Waals surface area contributed by atoms with Crippen LogP contribution in [0.25, 0.3) is 0 Å². The summed E-state index contributed by atoms with van der Waals surface area (Å²) in [6.07, 6.45) is 0.0726. The summed E-state index contributed by atoms with van der Waals surface area (Å²) < 4.78 is 0. The highest BCUT2D eigenvalue weighted by Gasteiger charge is 2.40. The summed E-state index contributed by atoms with van der Waals surface area (Å²) in [5.41, 5.74) is 7.93. The summed E-state index contributed by atoms with van der Waals surface area (Å²) in [5, 5.41) is 8.19. The molecule has 0 bridgehead atoms. The molecule has 7 heteroatoms. The van der Waals surface area contributed by atoms with Crippen LogP contribution in [0.4, 0.5) is 5.69 Å². The molecule has 22 heavy (non-hydrogen) atoms. The number of hydrogen-bond acceptors (Lipinski definition) is 5. The van der Waals surface area contributed by atoms with Gasteiger partial charge in [-0.15, -0.1) is 11.8 Å². The molecule has 1 saturated heterocycles. The maximum atomic E-state index is 12.4. The number of thioether (sulfide) groups is 1. The molecule has 1 aromatic carbocycles. The summed E-state index contributed by atoms with van der Waals surface area (Å²) >= 11 is 1.12. The molecule has 1 aliphatic heterocycles. The topological polar surface area (TPSA) is 101 Å². The molecule has 1 fully saturated rings. The third-order valence-electron chi connectivity index (χ3n) is 3.49.